The summed E-state index contributed by atoms with van der Waals surface area (Å²) in [5.41, 5.74) is 6.03. The standard InChI is InChI=1S/C36H37BFNO4/c1-35(2)36(3,4)43-37(42-35)29-9-6-8-28(22-29)25-12-14-26(15-13-25)32-23-34(41)39(32)31-10-5-7-24(21-31)11-20-33(40)27-16-18-30(38)19-17-27/h5-10,12-19,21-22,32-33,40H,11,20,23H2,1-4H3/t32?,33-/m0/s1. The molecule has 0 saturated carbocycles. The summed E-state index contributed by atoms with van der Waals surface area (Å²) in [7, 11) is -0.416. The molecule has 2 atom stereocenters. The number of hydrogen-bond donors (Lipinski definition) is 1. The van der Waals surface area contributed by atoms with Gasteiger partial charge in [0.2, 0.25) is 5.91 Å². The summed E-state index contributed by atoms with van der Waals surface area (Å²) in [6.07, 6.45) is 0.922. The maximum atomic E-state index is 13.2. The molecule has 4 aromatic rings. The SMILES string of the molecule is CC1(C)OB(c2cccc(-c3ccc(C4CC(=O)N4c4cccc(CC[C@H](O)c5ccc(F)cc5)c4)cc3)c2)OC1(C)C. The zero-order valence-electron chi connectivity index (χ0n) is 25.1. The van der Waals surface area contributed by atoms with Gasteiger partial charge in [-0.05, 0) is 98.1 Å². The number of nitrogens with zero attached hydrogens (tertiary/aromatic N) is 1. The Morgan fingerprint density at radius 3 is 2.23 bits per heavy atom. The van der Waals surface area contributed by atoms with Gasteiger partial charge in [-0.2, -0.15) is 0 Å². The van der Waals surface area contributed by atoms with Crippen LogP contribution in [-0.2, 0) is 20.5 Å². The van der Waals surface area contributed by atoms with Crippen LogP contribution in [0.4, 0.5) is 10.1 Å². The number of carbonyl (C=O) groups is 1. The van der Waals surface area contributed by atoms with E-state index in [1.807, 2.05) is 41.3 Å². The summed E-state index contributed by atoms with van der Waals surface area (Å²) >= 11 is 0. The Labute approximate surface area is 253 Å². The van der Waals surface area contributed by atoms with Crippen molar-refractivity contribution in [2.45, 2.75) is 70.3 Å². The van der Waals surface area contributed by atoms with Gasteiger partial charge in [-0.3, -0.25) is 4.79 Å². The molecule has 5 nitrogen and oxygen atoms in total. The molecule has 0 spiro atoms. The number of aliphatic hydroxyl groups excluding tert-OH is 1. The average Bonchev–Trinajstić information content (AvgIpc) is 3.21. The maximum absolute atomic E-state index is 13.2. The first-order chi connectivity index (χ1) is 20.5. The van der Waals surface area contributed by atoms with E-state index in [0.29, 0.717) is 24.8 Å². The van der Waals surface area contributed by atoms with Crippen molar-refractivity contribution >= 4 is 24.2 Å². The van der Waals surface area contributed by atoms with Gasteiger partial charge in [-0.25, -0.2) is 4.39 Å². The maximum Gasteiger partial charge on any atom is 0.494 e. The number of hydrogen-bond acceptors (Lipinski definition) is 4. The van der Waals surface area contributed by atoms with Crippen LogP contribution in [0, 0.1) is 5.82 Å². The van der Waals surface area contributed by atoms with Crippen LogP contribution in [0.1, 0.15) is 69.4 Å². The van der Waals surface area contributed by atoms with Gasteiger partial charge in [0.15, 0.2) is 0 Å². The lowest BCUT2D eigenvalue weighted by molar-refractivity contribution is -0.124. The Bertz CT molecular complexity index is 1600. The molecule has 4 aromatic carbocycles. The highest BCUT2D eigenvalue weighted by molar-refractivity contribution is 6.62. The van der Waals surface area contributed by atoms with Crippen molar-refractivity contribution in [1.29, 1.82) is 0 Å². The van der Waals surface area contributed by atoms with Crippen LogP contribution < -0.4 is 10.4 Å². The van der Waals surface area contributed by atoms with Gasteiger partial charge < -0.3 is 19.3 Å². The molecule has 7 heteroatoms. The van der Waals surface area contributed by atoms with Crippen molar-refractivity contribution in [3.63, 3.8) is 0 Å². The van der Waals surface area contributed by atoms with Crippen molar-refractivity contribution in [2.24, 2.45) is 0 Å². The van der Waals surface area contributed by atoms with Crippen LogP contribution in [-0.4, -0.2) is 29.3 Å². The van der Waals surface area contributed by atoms with Gasteiger partial charge >= 0.3 is 7.12 Å². The van der Waals surface area contributed by atoms with E-state index in [-0.39, 0.29) is 17.8 Å². The summed E-state index contributed by atoms with van der Waals surface area (Å²) in [4.78, 5) is 14.6. The largest absolute Gasteiger partial charge is 0.494 e. The molecule has 2 fully saturated rings. The fourth-order valence-corrected chi connectivity index (χ4v) is 5.77. The molecule has 2 saturated heterocycles. The topological polar surface area (TPSA) is 59.0 Å². The number of amides is 1. The molecule has 2 aliphatic heterocycles. The number of aryl methyl sites for hydroxylation is 1. The van der Waals surface area contributed by atoms with Gasteiger partial charge in [0.1, 0.15) is 5.82 Å². The summed E-state index contributed by atoms with van der Waals surface area (Å²) in [5.74, 6) is -0.230. The number of anilines is 1. The Balaban J connectivity index is 1.14. The molecule has 0 aliphatic carbocycles. The van der Waals surface area contributed by atoms with E-state index in [2.05, 4.69) is 64.1 Å². The van der Waals surface area contributed by atoms with Crippen molar-refractivity contribution in [1.82, 2.24) is 0 Å². The summed E-state index contributed by atoms with van der Waals surface area (Å²) in [6.45, 7) is 8.23. The summed E-state index contributed by atoms with van der Waals surface area (Å²) in [5, 5.41) is 10.6. The number of halogens is 1. The molecule has 43 heavy (non-hydrogen) atoms. The molecular weight excluding hydrogens is 540 g/mol. The van der Waals surface area contributed by atoms with E-state index in [4.69, 9.17) is 9.31 Å². The number of benzene rings is 4. The van der Waals surface area contributed by atoms with E-state index >= 15 is 0 Å². The highest BCUT2D eigenvalue weighted by Crippen LogP contribution is 2.40. The van der Waals surface area contributed by atoms with Gasteiger partial charge in [0.05, 0.1) is 29.8 Å². The van der Waals surface area contributed by atoms with E-state index < -0.39 is 24.4 Å². The average molecular weight is 578 g/mol. The molecule has 6 rings (SSSR count). The lowest BCUT2D eigenvalue weighted by Crippen LogP contribution is -2.46. The second-order valence-electron chi connectivity index (χ2n) is 12.6. The Hall–Kier alpha value is -3.78. The molecule has 1 amide bonds. The predicted octanol–water partition coefficient (Wildman–Crippen LogP) is 6.94. The molecular formula is C36H37BFNO4. The number of β-lactam (4-membered cyclic amide) rings is 1. The first kappa shape index (κ1) is 29.3. The smallest absolute Gasteiger partial charge is 0.399 e. The highest BCUT2D eigenvalue weighted by Gasteiger charge is 2.51. The molecule has 220 valence electrons. The Morgan fingerprint density at radius 2 is 1.56 bits per heavy atom. The van der Waals surface area contributed by atoms with Gasteiger partial charge in [0.25, 0.3) is 0 Å². The van der Waals surface area contributed by atoms with E-state index in [9.17, 15) is 14.3 Å². The third-order valence-corrected chi connectivity index (χ3v) is 9.14. The third-order valence-electron chi connectivity index (χ3n) is 9.14. The van der Waals surface area contributed by atoms with Crippen LogP contribution in [0.2, 0.25) is 0 Å². The van der Waals surface area contributed by atoms with Gasteiger partial charge in [-0.1, -0.05) is 72.8 Å². The second kappa shape index (κ2) is 11.4. The lowest BCUT2D eigenvalue weighted by Gasteiger charge is -2.41. The fourth-order valence-electron chi connectivity index (χ4n) is 5.77. The minimum absolute atomic E-state index is 0.0299. The zero-order chi connectivity index (χ0) is 30.4. The first-order valence-corrected chi connectivity index (χ1v) is 14.9. The van der Waals surface area contributed by atoms with Crippen LogP contribution in [0.15, 0.2) is 97.1 Å². The summed E-state index contributed by atoms with van der Waals surface area (Å²) < 4.78 is 25.7. The monoisotopic (exact) mass is 577 g/mol. The van der Waals surface area contributed by atoms with Crippen molar-refractivity contribution in [3.8, 4) is 11.1 Å². The highest BCUT2D eigenvalue weighted by atomic mass is 19.1. The third kappa shape index (κ3) is 5.90. The lowest BCUT2D eigenvalue weighted by atomic mass is 9.78. The number of rotatable bonds is 8. The van der Waals surface area contributed by atoms with Crippen LogP contribution in [0.5, 0.6) is 0 Å². The van der Waals surface area contributed by atoms with Crippen molar-refractivity contribution < 1.29 is 23.6 Å². The normalized spacial score (nSPS) is 19.8. The van der Waals surface area contributed by atoms with Crippen molar-refractivity contribution in [3.05, 3.63) is 120 Å². The molecule has 0 bridgehead atoms. The Kier molecular flexibility index (Phi) is 7.75. The molecule has 2 aliphatic rings. The molecule has 1 N–H and O–H groups in total. The van der Waals surface area contributed by atoms with Gasteiger partial charge in [-0.15, -0.1) is 0 Å². The van der Waals surface area contributed by atoms with Crippen LogP contribution in [0.25, 0.3) is 11.1 Å². The molecule has 2 heterocycles. The number of aliphatic hydroxyl groups is 1. The number of carbonyl (C=O) groups excluding carboxylic acids is 1. The van der Waals surface area contributed by atoms with E-state index in [0.717, 1.165) is 33.4 Å². The molecule has 0 radical (unpaired) electrons. The zero-order valence-corrected chi connectivity index (χ0v) is 25.1. The van der Waals surface area contributed by atoms with Gasteiger partial charge in [0, 0.05) is 5.69 Å². The quantitative estimate of drug-likeness (QED) is 0.182. The first-order valence-electron chi connectivity index (χ1n) is 14.9. The minimum atomic E-state index is -0.682. The van der Waals surface area contributed by atoms with Crippen LogP contribution in [0.3, 0.4) is 0 Å². The Morgan fingerprint density at radius 1 is 0.884 bits per heavy atom. The second-order valence-corrected chi connectivity index (χ2v) is 12.6. The molecule has 0 aromatic heterocycles. The predicted molar refractivity (Wildman–Crippen MR) is 169 cm³/mol. The fraction of sp³-hybridized carbons (Fsp3) is 0.306. The minimum Gasteiger partial charge on any atom is -0.399 e. The van der Waals surface area contributed by atoms with Crippen LogP contribution >= 0.6 is 0 Å². The molecule has 1 unspecified atom stereocenters. The van der Waals surface area contributed by atoms with E-state index in [1.165, 1.54) is 12.1 Å². The van der Waals surface area contributed by atoms with E-state index in [1.54, 1.807) is 12.1 Å². The summed E-state index contributed by atoms with van der Waals surface area (Å²) in [6, 6.07) is 30.5. The van der Waals surface area contributed by atoms with Crippen molar-refractivity contribution in [2.75, 3.05) is 4.90 Å².